The monoisotopic (exact) mass is 424 g/mol. The molecule has 0 N–H and O–H groups in total. The molecule has 2 atom stereocenters. The number of benzene rings is 2. The normalized spacial score (nSPS) is 17.1. The van der Waals surface area contributed by atoms with Gasteiger partial charge in [-0.15, -0.1) is 0 Å². The van der Waals surface area contributed by atoms with E-state index in [9.17, 15) is 14.4 Å². The zero-order valence-corrected chi connectivity index (χ0v) is 18.3. The standard InChI is InChI=1S/C24H28N2O5/c1-16-15-25(23(28)19-9-6-5-7-10-19)13-14-26(16)22(27)18(3)31-21-12-8-11-20(17(21)2)24(29)30-4/h5-12,16,18H,13-15H2,1-4H3/t16-,18?/m1/s1. The van der Waals surface area contributed by atoms with Gasteiger partial charge in [-0.3, -0.25) is 9.59 Å². The van der Waals surface area contributed by atoms with Crippen LogP contribution in [0.15, 0.2) is 48.5 Å². The van der Waals surface area contributed by atoms with Gasteiger partial charge in [0.15, 0.2) is 6.10 Å². The molecular weight excluding hydrogens is 396 g/mol. The van der Waals surface area contributed by atoms with Gasteiger partial charge in [-0.2, -0.15) is 0 Å². The summed E-state index contributed by atoms with van der Waals surface area (Å²) in [6.07, 6.45) is -0.731. The smallest absolute Gasteiger partial charge is 0.338 e. The predicted octanol–water partition coefficient (Wildman–Crippen LogP) is 2.92. The molecule has 1 fully saturated rings. The summed E-state index contributed by atoms with van der Waals surface area (Å²) in [5.41, 5.74) is 1.67. The van der Waals surface area contributed by atoms with Crippen molar-refractivity contribution in [3.8, 4) is 5.75 Å². The number of carbonyl (C=O) groups excluding carboxylic acids is 3. The average molecular weight is 424 g/mol. The highest BCUT2D eigenvalue weighted by Crippen LogP contribution is 2.24. The van der Waals surface area contributed by atoms with Crippen LogP contribution in [0.1, 0.15) is 40.1 Å². The fourth-order valence-electron chi connectivity index (χ4n) is 3.78. The van der Waals surface area contributed by atoms with E-state index in [-0.39, 0.29) is 17.9 Å². The van der Waals surface area contributed by atoms with Crippen molar-refractivity contribution in [2.24, 2.45) is 0 Å². The van der Waals surface area contributed by atoms with E-state index >= 15 is 0 Å². The Labute approximate surface area is 182 Å². The summed E-state index contributed by atoms with van der Waals surface area (Å²) in [7, 11) is 1.32. The number of amides is 2. The van der Waals surface area contributed by atoms with Crippen molar-refractivity contribution in [2.75, 3.05) is 26.7 Å². The molecule has 1 unspecified atom stereocenters. The third-order valence-electron chi connectivity index (χ3n) is 5.56. The molecule has 1 aliphatic heterocycles. The number of methoxy groups -OCH3 is 1. The quantitative estimate of drug-likeness (QED) is 0.690. The Morgan fingerprint density at radius 1 is 1.03 bits per heavy atom. The highest BCUT2D eigenvalue weighted by Gasteiger charge is 2.33. The maximum atomic E-state index is 13.1. The molecule has 0 radical (unpaired) electrons. The summed E-state index contributed by atoms with van der Waals surface area (Å²) in [5.74, 6) is -0.162. The number of piperazine rings is 1. The van der Waals surface area contributed by atoms with Crippen molar-refractivity contribution in [1.29, 1.82) is 0 Å². The second kappa shape index (κ2) is 9.64. The molecule has 31 heavy (non-hydrogen) atoms. The molecule has 7 nitrogen and oxygen atoms in total. The third kappa shape index (κ3) is 4.87. The zero-order chi connectivity index (χ0) is 22.5. The Bertz CT molecular complexity index is 960. The Morgan fingerprint density at radius 2 is 1.74 bits per heavy atom. The number of hydrogen-bond acceptors (Lipinski definition) is 5. The van der Waals surface area contributed by atoms with Crippen molar-refractivity contribution in [3.05, 3.63) is 65.2 Å². The van der Waals surface area contributed by atoms with E-state index in [4.69, 9.17) is 9.47 Å². The van der Waals surface area contributed by atoms with E-state index in [0.29, 0.717) is 42.1 Å². The van der Waals surface area contributed by atoms with Gasteiger partial charge in [-0.05, 0) is 45.0 Å². The average Bonchev–Trinajstić information content (AvgIpc) is 2.79. The van der Waals surface area contributed by atoms with Crippen LogP contribution in [-0.4, -0.2) is 66.5 Å². The number of rotatable bonds is 5. The summed E-state index contributed by atoms with van der Waals surface area (Å²) in [6, 6.07) is 14.1. The second-order valence-corrected chi connectivity index (χ2v) is 7.68. The first-order valence-corrected chi connectivity index (χ1v) is 10.3. The molecule has 1 heterocycles. The van der Waals surface area contributed by atoms with E-state index in [1.165, 1.54) is 7.11 Å². The number of ether oxygens (including phenoxy) is 2. The second-order valence-electron chi connectivity index (χ2n) is 7.68. The number of hydrogen-bond donors (Lipinski definition) is 0. The van der Waals surface area contributed by atoms with Crippen LogP contribution >= 0.6 is 0 Å². The summed E-state index contributed by atoms with van der Waals surface area (Å²) >= 11 is 0. The van der Waals surface area contributed by atoms with Crippen molar-refractivity contribution < 1.29 is 23.9 Å². The largest absolute Gasteiger partial charge is 0.481 e. The highest BCUT2D eigenvalue weighted by molar-refractivity contribution is 5.94. The molecule has 2 aromatic carbocycles. The lowest BCUT2D eigenvalue weighted by atomic mass is 10.1. The first kappa shape index (κ1) is 22.3. The van der Waals surface area contributed by atoms with Crippen LogP contribution in [0.3, 0.4) is 0 Å². The predicted molar refractivity (Wildman–Crippen MR) is 116 cm³/mol. The van der Waals surface area contributed by atoms with E-state index in [0.717, 1.165) is 0 Å². The highest BCUT2D eigenvalue weighted by atomic mass is 16.5. The molecule has 0 aliphatic carbocycles. The molecule has 0 aromatic heterocycles. The van der Waals surface area contributed by atoms with Gasteiger partial charge in [0, 0.05) is 36.8 Å². The molecule has 2 amide bonds. The minimum Gasteiger partial charge on any atom is -0.481 e. The molecule has 0 bridgehead atoms. The molecule has 7 heteroatoms. The van der Waals surface area contributed by atoms with Gasteiger partial charge in [0.05, 0.1) is 12.7 Å². The molecule has 164 valence electrons. The van der Waals surface area contributed by atoms with Gasteiger partial charge < -0.3 is 19.3 Å². The van der Waals surface area contributed by atoms with E-state index in [2.05, 4.69) is 0 Å². The summed E-state index contributed by atoms with van der Waals surface area (Å²) in [5, 5.41) is 0. The minimum absolute atomic E-state index is 0.0286. The van der Waals surface area contributed by atoms with Gasteiger partial charge >= 0.3 is 5.97 Å². The zero-order valence-electron chi connectivity index (χ0n) is 18.3. The van der Waals surface area contributed by atoms with E-state index < -0.39 is 12.1 Å². The number of esters is 1. The van der Waals surface area contributed by atoms with Crippen LogP contribution in [0.4, 0.5) is 0 Å². The first-order chi connectivity index (χ1) is 14.8. The van der Waals surface area contributed by atoms with Gasteiger partial charge in [-0.25, -0.2) is 4.79 Å². The fraction of sp³-hybridized carbons (Fsp3) is 0.375. The fourth-order valence-corrected chi connectivity index (χ4v) is 3.78. The van der Waals surface area contributed by atoms with Gasteiger partial charge in [0.25, 0.3) is 11.8 Å². The first-order valence-electron chi connectivity index (χ1n) is 10.3. The maximum Gasteiger partial charge on any atom is 0.338 e. The molecule has 1 aliphatic rings. The van der Waals surface area contributed by atoms with Crippen molar-refractivity contribution in [2.45, 2.75) is 32.9 Å². The summed E-state index contributed by atoms with van der Waals surface area (Å²) < 4.78 is 10.7. The number of carbonyl (C=O) groups is 3. The third-order valence-corrected chi connectivity index (χ3v) is 5.56. The van der Waals surface area contributed by atoms with Crippen LogP contribution < -0.4 is 4.74 Å². The van der Waals surface area contributed by atoms with E-state index in [1.807, 2.05) is 25.1 Å². The summed E-state index contributed by atoms with van der Waals surface area (Å²) in [4.78, 5) is 41.2. The lowest BCUT2D eigenvalue weighted by molar-refractivity contribution is -0.142. The van der Waals surface area contributed by atoms with Crippen LogP contribution in [0.2, 0.25) is 0 Å². The molecular formula is C24H28N2O5. The Morgan fingerprint density at radius 3 is 2.39 bits per heavy atom. The summed E-state index contributed by atoms with van der Waals surface area (Å²) in [6.45, 7) is 6.75. The molecule has 0 spiro atoms. The van der Waals surface area contributed by atoms with Gasteiger partial charge in [0.2, 0.25) is 0 Å². The van der Waals surface area contributed by atoms with Crippen LogP contribution in [0, 0.1) is 6.92 Å². The van der Waals surface area contributed by atoms with Crippen LogP contribution in [0.5, 0.6) is 5.75 Å². The molecule has 3 rings (SSSR count). The Hall–Kier alpha value is -3.35. The Kier molecular flexibility index (Phi) is 6.95. The molecule has 0 saturated carbocycles. The van der Waals surface area contributed by atoms with Crippen LogP contribution in [0.25, 0.3) is 0 Å². The number of nitrogens with zero attached hydrogens (tertiary/aromatic N) is 2. The maximum absolute atomic E-state index is 13.1. The lowest BCUT2D eigenvalue weighted by Crippen LogP contribution is -2.57. The van der Waals surface area contributed by atoms with E-state index in [1.54, 1.807) is 54.0 Å². The van der Waals surface area contributed by atoms with Gasteiger partial charge in [-0.1, -0.05) is 24.3 Å². The van der Waals surface area contributed by atoms with Crippen molar-refractivity contribution in [3.63, 3.8) is 0 Å². The van der Waals surface area contributed by atoms with Crippen molar-refractivity contribution in [1.82, 2.24) is 9.80 Å². The van der Waals surface area contributed by atoms with Gasteiger partial charge in [0.1, 0.15) is 5.75 Å². The van der Waals surface area contributed by atoms with Crippen molar-refractivity contribution >= 4 is 17.8 Å². The molecule has 2 aromatic rings. The minimum atomic E-state index is -0.731. The molecule has 1 saturated heterocycles. The lowest BCUT2D eigenvalue weighted by Gasteiger charge is -2.40. The van der Waals surface area contributed by atoms with Crippen LogP contribution in [-0.2, 0) is 9.53 Å². The Balaban J connectivity index is 1.64. The topological polar surface area (TPSA) is 76.2 Å². The SMILES string of the molecule is COC(=O)c1cccc(OC(C)C(=O)N2CCN(C(=O)c3ccccc3)C[C@H]2C)c1C.